The van der Waals surface area contributed by atoms with Crippen LogP contribution in [-0.2, 0) is 6.42 Å². The van der Waals surface area contributed by atoms with Gasteiger partial charge >= 0.3 is 6.03 Å². The number of benzene rings is 1. The number of nitrogens with zero attached hydrogens (tertiary/aromatic N) is 2. The smallest absolute Gasteiger partial charge is 0.317 e. The maximum absolute atomic E-state index is 12.4. The van der Waals surface area contributed by atoms with E-state index in [0.29, 0.717) is 38.0 Å². The van der Waals surface area contributed by atoms with Crippen molar-refractivity contribution in [3.8, 4) is 6.07 Å². The molecule has 0 radical (unpaired) electrons. The maximum Gasteiger partial charge on any atom is 0.317 e. The van der Waals surface area contributed by atoms with E-state index in [1.54, 1.807) is 6.07 Å². The topological polar surface area (TPSA) is 76.4 Å². The molecule has 2 atom stereocenters. The standard InChI is InChI=1S/C19H25N3O2/c20-13-16-5-3-4-15(12-16)7-10-21-18(23)22-11-9-19(24)8-2-1-6-17(19)14-22/h3-5,12,17,24H,1-2,6-11,14H2,(H,21,23)/t17-,19-/m0/s1. The van der Waals surface area contributed by atoms with Gasteiger partial charge in [0, 0.05) is 25.6 Å². The molecule has 1 aromatic carbocycles. The molecule has 0 unspecified atom stereocenters. The van der Waals surface area contributed by atoms with Crippen molar-refractivity contribution < 1.29 is 9.90 Å². The number of rotatable bonds is 3. The Labute approximate surface area is 143 Å². The number of carbonyl (C=O) groups is 1. The number of nitriles is 1. The lowest BCUT2D eigenvalue weighted by Gasteiger charge is -2.47. The lowest BCUT2D eigenvalue weighted by molar-refractivity contribution is -0.0870. The second kappa shape index (κ2) is 7.23. The van der Waals surface area contributed by atoms with E-state index in [9.17, 15) is 9.90 Å². The molecular formula is C19H25N3O2. The Hall–Kier alpha value is -2.06. The van der Waals surface area contributed by atoms with Crippen LogP contribution in [-0.4, -0.2) is 41.3 Å². The van der Waals surface area contributed by atoms with E-state index in [-0.39, 0.29) is 11.9 Å². The number of hydrogen-bond acceptors (Lipinski definition) is 3. The van der Waals surface area contributed by atoms with Gasteiger partial charge in [-0.25, -0.2) is 4.79 Å². The Morgan fingerprint density at radius 1 is 1.42 bits per heavy atom. The van der Waals surface area contributed by atoms with Gasteiger partial charge in [0.2, 0.25) is 0 Å². The fourth-order valence-electron chi connectivity index (χ4n) is 3.98. The third kappa shape index (κ3) is 3.70. The number of nitrogens with one attached hydrogen (secondary N) is 1. The summed E-state index contributed by atoms with van der Waals surface area (Å²) in [6.07, 6.45) is 5.54. The molecule has 1 saturated carbocycles. The molecule has 24 heavy (non-hydrogen) atoms. The average Bonchev–Trinajstić information content (AvgIpc) is 2.61. The predicted octanol–water partition coefficient (Wildman–Crippen LogP) is 2.44. The van der Waals surface area contributed by atoms with Crippen LogP contribution in [0.2, 0.25) is 0 Å². The fourth-order valence-corrected chi connectivity index (χ4v) is 3.98. The number of aliphatic hydroxyl groups is 1. The zero-order valence-electron chi connectivity index (χ0n) is 14.0. The molecule has 2 fully saturated rings. The average molecular weight is 327 g/mol. The monoisotopic (exact) mass is 327 g/mol. The first-order valence-electron chi connectivity index (χ1n) is 8.85. The van der Waals surface area contributed by atoms with E-state index in [1.165, 1.54) is 0 Å². The molecule has 5 nitrogen and oxygen atoms in total. The Bertz CT molecular complexity index is 640. The number of carbonyl (C=O) groups excluding carboxylic acids is 1. The van der Waals surface area contributed by atoms with E-state index in [1.807, 2.05) is 23.1 Å². The number of piperidine rings is 1. The van der Waals surface area contributed by atoms with Crippen LogP contribution in [0.3, 0.4) is 0 Å². The molecule has 0 bridgehead atoms. The SMILES string of the molecule is N#Cc1cccc(CCNC(=O)N2CC[C@@]3(O)CCCC[C@H]3C2)c1. The number of likely N-dealkylation sites (tertiary alicyclic amines) is 1. The first-order valence-corrected chi connectivity index (χ1v) is 8.85. The van der Waals surface area contributed by atoms with Gasteiger partial charge in [-0.1, -0.05) is 25.0 Å². The minimum Gasteiger partial charge on any atom is -0.389 e. The van der Waals surface area contributed by atoms with Crippen molar-refractivity contribution in [3.05, 3.63) is 35.4 Å². The van der Waals surface area contributed by atoms with Gasteiger partial charge in [0.15, 0.2) is 0 Å². The van der Waals surface area contributed by atoms with Gasteiger partial charge in [0.25, 0.3) is 0 Å². The first kappa shape index (κ1) is 16.8. The van der Waals surface area contributed by atoms with Crippen LogP contribution in [0.15, 0.2) is 24.3 Å². The summed E-state index contributed by atoms with van der Waals surface area (Å²) < 4.78 is 0. The van der Waals surface area contributed by atoms with E-state index in [0.717, 1.165) is 31.2 Å². The molecule has 1 aliphatic carbocycles. The fraction of sp³-hybridized carbons (Fsp3) is 0.579. The van der Waals surface area contributed by atoms with E-state index >= 15 is 0 Å². The van der Waals surface area contributed by atoms with Crippen molar-refractivity contribution in [1.82, 2.24) is 10.2 Å². The highest BCUT2D eigenvalue weighted by Gasteiger charge is 2.43. The van der Waals surface area contributed by atoms with Crippen LogP contribution in [0.4, 0.5) is 4.79 Å². The molecule has 2 N–H and O–H groups in total. The summed E-state index contributed by atoms with van der Waals surface area (Å²) in [6, 6.07) is 9.56. The van der Waals surface area contributed by atoms with E-state index in [2.05, 4.69) is 11.4 Å². The van der Waals surface area contributed by atoms with Crippen LogP contribution >= 0.6 is 0 Å². The molecule has 2 amide bonds. The number of urea groups is 1. The van der Waals surface area contributed by atoms with Crippen LogP contribution in [0.5, 0.6) is 0 Å². The Balaban J connectivity index is 1.48. The lowest BCUT2D eigenvalue weighted by atomic mass is 9.71. The Morgan fingerprint density at radius 2 is 2.29 bits per heavy atom. The van der Waals surface area contributed by atoms with Gasteiger partial charge in [-0.3, -0.25) is 0 Å². The minimum absolute atomic E-state index is 0.0425. The highest BCUT2D eigenvalue weighted by atomic mass is 16.3. The zero-order chi connectivity index (χ0) is 17.0. The van der Waals surface area contributed by atoms with Crippen LogP contribution < -0.4 is 5.32 Å². The third-order valence-electron chi connectivity index (χ3n) is 5.46. The highest BCUT2D eigenvalue weighted by Crippen LogP contribution is 2.39. The molecule has 1 aromatic rings. The Morgan fingerprint density at radius 3 is 3.12 bits per heavy atom. The summed E-state index contributed by atoms with van der Waals surface area (Å²) in [5.41, 5.74) is 1.15. The summed E-state index contributed by atoms with van der Waals surface area (Å²) in [5, 5.41) is 22.6. The first-order chi connectivity index (χ1) is 11.6. The molecule has 0 aromatic heterocycles. The van der Waals surface area contributed by atoms with Crippen LogP contribution in [0.25, 0.3) is 0 Å². The number of fused-ring (bicyclic) bond motifs is 1. The van der Waals surface area contributed by atoms with Crippen molar-refractivity contribution >= 4 is 6.03 Å². The number of amides is 2. The molecule has 5 heteroatoms. The van der Waals surface area contributed by atoms with Crippen LogP contribution in [0, 0.1) is 17.2 Å². The third-order valence-corrected chi connectivity index (χ3v) is 5.46. The normalized spacial score (nSPS) is 26.3. The summed E-state index contributed by atoms with van der Waals surface area (Å²) in [7, 11) is 0. The van der Waals surface area contributed by atoms with Crippen molar-refractivity contribution in [1.29, 1.82) is 5.26 Å². The Kier molecular flexibility index (Phi) is 5.06. The quantitative estimate of drug-likeness (QED) is 0.895. The maximum atomic E-state index is 12.4. The minimum atomic E-state index is -0.549. The van der Waals surface area contributed by atoms with Crippen molar-refractivity contribution in [2.24, 2.45) is 5.92 Å². The molecule has 128 valence electrons. The largest absolute Gasteiger partial charge is 0.389 e. The molecular weight excluding hydrogens is 302 g/mol. The van der Waals surface area contributed by atoms with Gasteiger partial charge in [-0.05, 0) is 43.4 Å². The summed E-state index contributed by atoms with van der Waals surface area (Å²) >= 11 is 0. The molecule has 0 spiro atoms. The van der Waals surface area contributed by atoms with E-state index < -0.39 is 5.60 Å². The molecule has 2 aliphatic rings. The second-order valence-corrected chi connectivity index (χ2v) is 7.04. The predicted molar refractivity (Wildman–Crippen MR) is 91.4 cm³/mol. The van der Waals surface area contributed by atoms with Crippen molar-refractivity contribution in [2.75, 3.05) is 19.6 Å². The van der Waals surface area contributed by atoms with Crippen molar-refractivity contribution in [2.45, 2.75) is 44.1 Å². The van der Waals surface area contributed by atoms with Gasteiger partial charge in [-0.15, -0.1) is 0 Å². The molecule has 1 heterocycles. The summed E-state index contributed by atoms with van der Waals surface area (Å²) in [5.74, 6) is 0.220. The van der Waals surface area contributed by atoms with Gasteiger partial charge < -0.3 is 15.3 Å². The van der Waals surface area contributed by atoms with Gasteiger partial charge in [0.1, 0.15) is 0 Å². The summed E-state index contributed by atoms with van der Waals surface area (Å²) in [6.45, 7) is 1.84. The summed E-state index contributed by atoms with van der Waals surface area (Å²) in [4.78, 5) is 14.2. The molecule has 1 saturated heterocycles. The number of hydrogen-bond donors (Lipinski definition) is 2. The van der Waals surface area contributed by atoms with Crippen LogP contribution in [0.1, 0.15) is 43.2 Å². The van der Waals surface area contributed by atoms with Gasteiger partial charge in [-0.2, -0.15) is 5.26 Å². The zero-order valence-corrected chi connectivity index (χ0v) is 14.0. The molecule has 3 rings (SSSR count). The molecule has 1 aliphatic heterocycles. The lowest BCUT2D eigenvalue weighted by Crippen LogP contribution is -2.56. The van der Waals surface area contributed by atoms with E-state index in [4.69, 9.17) is 5.26 Å². The van der Waals surface area contributed by atoms with Crippen molar-refractivity contribution in [3.63, 3.8) is 0 Å². The van der Waals surface area contributed by atoms with Gasteiger partial charge in [0.05, 0.1) is 17.2 Å². The highest BCUT2D eigenvalue weighted by molar-refractivity contribution is 5.74. The second-order valence-electron chi connectivity index (χ2n) is 7.04.